The number of carbonyl (C=O) groups is 1. The van der Waals surface area contributed by atoms with Gasteiger partial charge in [0.1, 0.15) is 0 Å². The van der Waals surface area contributed by atoms with Crippen molar-refractivity contribution >= 4 is 40.2 Å². The summed E-state index contributed by atoms with van der Waals surface area (Å²) in [6, 6.07) is 6.60. The van der Waals surface area contributed by atoms with Gasteiger partial charge in [0.05, 0.1) is 20.6 Å². The van der Waals surface area contributed by atoms with Crippen molar-refractivity contribution in [1.29, 1.82) is 0 Å². The number of benzene rings is 1. The zero-order chi connectivity index (χ0) is 13.4. The number of fused-ring (bicyclic) bond motifs is 1. The zero-order valence-corrected chi connectivity index (χ0v) is 11.2. The van der Waals surface area contributed by atoms with Crippen LogP contribution < -0.4 is 20.5 Å². The van der Waals surface area contributed by atoms with Crippen molar-refractivity contribution in [1.82, 2.24) is 0 Å². The van der Waals surface area contributed by atoms with Crippen LogP contribution in [0.3, 0.4) is 0 Å². The number of halogens is 1. The number of amides is 1. The van der Waals surface area contributed by atoms with Gasteiger partial charge >= 0.3 is 0 Å². The van der Waals surface area contributed by atoms with Gasteiger partial charge in [-0.05, 0) is 12.1 Å². The first-order valence-corrected chi connectivity index (χ1v) is 6.59. The minimum Gasteiger partial charge on any atom is -0.454 e. The summed E-state index contributed by atoms with van der Waals surface area (Å²) < 4.78 is 11.0. The molecule has 3 rings (SSSR count). The first kappa shape index (κ1) is 12.1. The number of anilines is 2. The molecule has 1 aromatic carbocycles. The Morgan fingerprint density at radius 2 is 2.05 bits per heavy atom. The van der Waals surface area contributed by atoms with Crippen molar-refractivity contribution < 1.29 is 14.3 Å². The van der Waals surface area contributed by atoms with E-state index in [2.05, 4.69) is 5.32 Å². The number of thiophene rings is 1. The molecule has 0 fully saturated rings. The quantitative estimate of drug-likeness (QED) is 0.836. The van der Waals surface area contributed by atoms with E-state index in [4.69, 9.17) is 26.8 Å². The summed E-state index contributed by atoms with van der Waals surface area (Å²) in [6.45, 7) is 0.159. The summed E-state index contributed by atoms with van der Waals surface area (Å²) in [5.41, 5.74) is 6.75. The fourth-order valence-electron chi connectivity index (χ4n) is 1.69. The van der Waals surface area contributed by atoms with E-state index in [1.807, 2.05) is 0 Å². The van der Waals surface area contributed by atoms with Crippen molar-refractivity contribution in [2.45, 2.75) is 0 Å². The second kappa shape index (κ2) is 4.64. The fraction of sp³-hybridized carbons (Fsp3) is 0.0833. The number of carbonyl (C=O) groups excluding carboxylic acids is 1. The predicted octanol–water partition coefficient (Wildman–Crippen LogP) is 2.96. The van der Waals surface area contributed by atoms with E-state index in [0.717, 1.165) is 0 Å². The van der Waals surface area contributed by atoms with Crippen LogP contribution in [0.5, 0.6) is 11.5 Å². The van der Waals surface area contributed by atoms with E-state index in [-0.39, 0.29) is 12.7 Å². The Bertz CT molecular complexity index is 656. The molecule has 1 aromatic heterocycles. The highest BCUT2D eigenvalue weighted by Gasteiger charge is 2.18. The van der Waals surface area contributed by atoms with Gasteiger partial charge in [0, 0.05) is 12.1 Å². The van der Waals surface area contributed by atoms with Crippen LogP contribution in [0.1, 0.15) is 9.67 Å². The fourth-order valence-corrected chi connectivity index (χ4v) is 2.62. The Hall–Kier alpha value is -1.92. The van der Waals surface area contributed by atoms with Gasteiger partial charge in [0.2, 0.25) is 6.79 Å². The topological polar surface area (TPSA) is 73.6 Å². The first-order valence-electron chi connectivity index (χ1n) is 5.39. The molecule has 0 saturated heterocycles. The predicted molar refractivity (Wildman–Crippen MR) is 74.3 cm³/mol. The second-order valence-electron chi connectivity index (χ2n) is 3.85. The van der Waals surface area contributed by atoms with Crippen molar-refractivity contribution in [2.75, 3.05) is 17.8 Å². The van der Waals surface area contributed by atoms with E-state index in [1.165, 1.54) is 11.3 Å². The molecular formula is C12H9ClN2O3S. The minimum absolute atomic E-state index is 0.159. The first-order chi connectivity index (χ1) is 9.13. The lowest BCUT2D eigenvalue weighted by Gasteiger charge is -2.08. The van der Waals surface area contributed by atoms with Crippen LogP contribution in [0.4, 0.5) is 11.4 Å². The Balaban J connectivity index is 1.85. The van der Waals surface area contributed by atoms with Crippen LogP contribution in [-0.2, 0) is 0 Å². The highest BCUT2D eigenvalue weighted by molar-refractivity contribution is 7.18. The Kier molecular flexibility index (Phi) is 2.96. The average molecular weight is 297 g/mol. The largest absolute Gasteiger partial charge is 0.454 e. The highest BCUT2D eigenvalue weighted by Crippen LogP contribution is 2.38. The van der Waals surface area contributed by atoms with Gasteiger partial charge in [-0.3, -0.25) is 4.79 Å². The molecule has 0 atom stereocenters. The van der Waals surface area contributed by atoms with Crippen LogP contribution in [0.2, 0.25) is 4.34 Å². The standard InChI is InChI=1S/C12H9ClN2O3S/c13-11-2-1-10(19-11)12(16)15-7-4-9-8(3-6(7)14)17-5-18-9/h1-4H,5,14H2,(H,15,16). The Morgan fingerprint density at radius 1 is 1.32 bits per heavy atom. The van der Waals surface area contributed by atoms with E-state index in [9.17, 15) is 4.79 Å². The van der Waals surface area contributed by atoms with E-state index in [0.29, 0.717) is 32.1 Å². The number of rotatable bonds is 2. The molecule has 0 saturated carbocycles. The van der Waals surface area contributed by atoms with E-state index < -0.39 is 0 Å². The van der Waals surface area contributed by atoms with Crippen molar-refractivity contribution in [2.24, 2.45) is 0 Å². The van der Waals surface area contributed by atoms with Gasteiger partial charge in [-0.1, -0.05) is 11.6 Å². The maximum Gasteiger partial charge on any atom is 0.265 e. The molecule has 0 aliphatic carbocycles. The molecule has 7 heteroatoms. The number of ether oxygens (including phenoxy) is 2. The molecule has 1 aliphatic rings. The van der Waals surface area contributed by atoms with Crippen molar-refractivity contribution in [3.8, 4) is 11.5 Å². The SMILES string of the molecule is Nc1cc2c(cc1NC(=O)c1ccc(Cl)s1)OCO2. The normalized spacial score (nSPS) is 12.5. The van der Waals surface area contributed by atoms with Gasteiger partial charge in [-0.15, -0.1) is 11.3 Å². The van der Waals surface area contributed by atoms with Gasteiger partial charge in [0.25, 0.3) is 5.91 Å². The molecule has 0 bridgehead atoms. The highest BCUT2D eigenvalue weighted by atomic mass is 35.5. The number of hydrogen-bond acceptors (Lipinski definition) is 5. The Labute approximate surface area is 117 Å². The third kappa shape index (κ3) is 2.32. The van der Waals surface area contributed by atoms with Crippen LogP contribution in [0.15, 0.2) is 24.3 Å². The molecule has 5 nitrogen and oxygen atoms in total. The smallest absolute Gasteiger partial charge is 0.265 e. The van der Waals surface area contributed by atoms with Gasteiger partial charge in [0.15, 0.2) is 11.5 Å². The van der Waals surface area contributed by atoms with E-state index in [1.54, 1.807) is 24.3 Å². The monoisotopic (exact) mass is 296 g/mol. The van der Waals surface area contributed by atoms with Gasteiger partial charge in [-0.2, -0.15) is 0 Å². The third-order valence-corrected chi connectivity index (χ3v) is 3.82. The lowest BCUT2D eigenvalue weighted by molar-refractivity contribution is 0.103. The van der Waals surface area contributed by atoms with Crippen molar-refractivity contribution in [3.63, 3.8) is 0 Å². The summed E-state index contributed by atoms with van der Waals surface area (Å²) >= 11 is 7.00. The Morgan fingerprint density at radius 3 is 2.74 bits per heavy atom. The van der Waals surface area contributed by atoms with Crippen LogP contribution >= 0.6 is 22.9 Å². The molecule has 0 radical (unpaired) electrons. The average Bonchev–Trinajstić information content (AvgIpc) is 2.98. The molecule has 0 spiro atoms. The molecule has 2 aromatic rings. The third-order valence-electron chi connectivity index (χ3n) is 2.59. The second-order valence-corrected chi connectivity index (χ2v) is 5.57. The lowest BCUT2D eigenvalue weighted by atomic mass is 10.2. The number of hydrogen-bond donors (Lipinski definition) is 2. The number of nitrogens with two attached hydrogens (primary N) is 1. The summed E-state index contributed by atoms with van der Waals surface area (Å²) in [4.78, 5) is 12.5. The van der Waals surface area contributed by atoms with Crippen LogP contribution in [0.25, 0.3) is 0 Å². The zero-order valence-electron chi connectivity index (χ0n) is 9.60. The molecule has 19 heavy (non-hydrogen) atoms. The summed E-state index contributed by atoms with van der Waals surface area (Å²) in [5.74, 6) is 0.880. The molecule has 0 unspecified atom stereocenters. The van der Waals surface area contributed by atoms with Gasteiger partial charge < -0.3 is 20.5 Å². The summed E-state index contributed by atoms with van der Waals surface area (Å²) in [7, 11) is 0. The molecular weight excluding hydrogens is 288 g/mol. The number of nitrogens with one attached hydrogen (secondary N) is 1. The van der Waals surface area contributed by atoms with Crippen LogP contribution in [-0.4, -0.2) is 12.7 Å². The molecule has 1 amide bonds. The maximum atomic E-state index is 12.0. The summed E-state index contributed by atoms with van der Waals surface area (Å²) in [6.07, 6.45) is 0. The van der Waals surface area contributed by atoms with E-state index >= 15 is 0 Å². The lowest BCUT2D eigenvalue weighted by Crippen LogP contribution is -2.11. The van der Waals surface area contributed by atoms with Crippen LogP contribution in [0, 0.1) is 0 Å². The number of nitrogen functional groups attached to an aromatic ring is 1. The minimum atomic E-state index is -0.262. The molecule has 98 valence electrons. The van der Waals surface area contributed by atoms with Crippen molar-refractivity contribution in [3.05, 3.63) is 33.5 Å². The van der Waals surface area contributed by atoms with Gasteiger partial charge in [-0.25, -0.2) is 0 Å². The summed E-state index contributed by atoms with van der Waals surface area (Å²) in [5, 5.41) is 2.72. The molecule has 1 aliphatic heterocycles. The molecule has 2 heterocycles. The maximum absolute atomic E-state index is 12.0. The molecule has 3 N–H and O–H groups in total.